The molecule has 1 unspecified atom stereocenters. The highest BCUT2D eigenvalue weighted by Crippen LogP contribution is 2.39. The molecular formula is C14H30N2. The molecule has 1 fully saturated rings. The Morgan fingerprint density at radius 3 is 2.12 bits per heavy atom. The molecule has 1 aliphatic carbocycles. The van der Waals surface area contributed by atoms with Gasteiger partial charge in [0.2, 0.25) is 0 Å². The predicted octanol–water partition coefficient (Wildman–Crippen LogP) is 2.89. The van der Waals surface area contributed by atoms with Crippen molar-refractivity contribution >= 4 is 0 Å². The van der Waals surface area contributed by atoms with Crippen molar-refractivity contribution in [3.05, 3.63) is 0 Å². The van der Waals surface area contributed by atoms with E-state index in [2.05, 4.69) is 44.8 Å². The number of likely N-dealkylation sites (N-methyl/N-ethyl adjacent to an activating group) is 1. The van der Waals surface area contributed by atoms with Crippen molar-refractivity contribution in [3.63, 3.8) is 0 Å². The maximum atomic E-state index is 3.78. The normalized spacial score (nSPS) is 19.1. The van der Waals surface area contributed by atoms with Gasteiger partial charge in [-0.25, -0.2) is 0 Å². The summed E-state index contributed by atoms with van der Waals surface area (Å²) in [4.78, 5) is 2.60. The van der Waals surface area contributed by atoms with Gasteiger partial charge in [0.25, 0.3) is 0 Å². The fourth-order valence-electron chi connectivity index (χ4n) is 2.96. The van der Waals surface area contributed by atoms with Crippen LogP contribution >= 0.6 is 0 Å². The van der Waals surface area contributed by atoms with Gasteiger partial charge in [-0.05, 0) is 58.7 Å². The lowest BCUT2D eigenvalue weighted by Crippen LogP contribution is -2.58. The average molecular weight is 226 g/mol. The van der Waals surface area contributed by atoms with Gasteiger partial charge < -0.3 is 5.32 Å². The Bertz CT molecular complexity index is 193. The quantitative estimate of drug-likeness (QED) is 0.684. The summed E-state index contributed by atoms with van der Waals surface area (Å²) in [7, 11) is 0. The third-order valence-electron chi connectivity index (χ3n) is 4.05. The summed E-state index contributed by atoms with van der Waals surface area (Å²) in [6.45, 7) is 15.1. The van der Waals surface area contributed by atoms with Crippen molar-refractivity contribution < 1.29 is 0 Å². The molecule has 2 heteroatoms. The minimum Gasteiger partial charge on any atom is -0.312 e. The number of hydrogen-bond acceptors (Lipinski definition) is 2. The summed E-state index contributed by atoms with van der Waals surface area (Å²) in [5.41, 5.74) is 0.292. The summed E-state index contributed by atoms with van der Waals surface area (Å²) in [6.07, 6.45) is 4.08. The molecule has 16 heavy (non-hydrogen) atoms. The minimum absolute atomic E-state index is 0.292. The molecule has 1 atom stereocenters. The molecule has 0 aromatic heterocycles. The van der Waals surface area contributed by atoms with E-state index in [1.54, 1.807) is 0 Å². The molecule has 0 heterocycles. The van der Waals surface area contributed by atoms with E-state index in [0.717, 1.165) is 25.6 Å². The van der Waals surface area contributed by atoms with E-state index in [-0.39, 0.29) is 0 Å². The zero-order chi connectivity index (χ0) is 12.2. The summed E-state index contributed by atoms with van der Waals surface area (Å²) in [5.74, 6) is 0.919. The molecule has 1 rings (SSSR count). The molecule has 0 spiro atoms. The fraction of sp³-hybridized carbons (Fsp3) is 1.00. The number of nitrogens with one attached hydrogen (secondary N) is 1. The van der Waals surface area contributed by atoms with Gasteiger partial charge in [-0.3, -0.25) is 4.90 Å². The second kappa shape index (κ2) is 6.02. The SMILES string of the molecule is CCCNC(C1CC1)C(C)(C)N(CC)CC. The van der Waals surface area contributed by atoms with Crippen LogP contribution in [0.5, 0.6) is 0 Å². The van der Waals surface area contributed by atoms with E-state index in [1.807, 2.05) is 0 Å². The highest BCUT2D eigenvalue weighted by molar-refractivity contribution is 5.01. The Balaban J connectivity index is 2.65. The molecule has 0 aromatic rings. The van der Waals surface area contributed by atoms with Crippen LogP contribution in [0.4, 0.5) is 0 Å². The van der Waals surface area contributed by atoms with Crippen LogP contribution in [0.15, 0.2) is 0 Å². The lowest BCUT2D eigenvalue weighted by atomic mass is 9.88. The number of rotatable bonds is 8. The molecule has 0 radical (unpaired) electrons. The van der Waals surface area contributed by atoms with Crippen molar-refractivity contribution in [3.8, 4) is 0 Å². The van der Waals surface area contributed by atoms with E-state index in [4.69, 9.17) is 0 Å². The first-order valence-electron chi connectivity index (χ1n) is 7.06. The van der Waals surface area contributed by atoms with Gasteiger partial charge in [-0.1, -0.05) is 20.8 Å². The van der Waals surface area contributed by atoms with E-state index < -0.39 is 0 Å². The van der Waals surface area contributed by atoms with Crippen LogP contribution < -0.4 is 5.32 Å². The highest BCUT2D eigenvalue weighted by Gasteiger charge is 2.42. The van der Waals surface area contributed by atoms with Gasteiger partial charge in [0, 0.05) is 11.6 Å². The van der Waals surface area contributed by atoms with Gasteiger partial charge in [-0.2, -0.15) is 0 Å². The highest BCUT2D eigenvalue weighted by atomic mass is 15.2. The summed E-state index contributed by atoms with van der Waals surface area (Å²) >= 11 is 0. The number of nitrogens with zero attached hydrogens (tertiary/aromatic N) is 1. The molecule has 2 nitrogen and oxygen atoms in total. The second-order valence-corrected chi connectivity index (χ2v) is 5.60. The van der Waals surface area contributed by atoms with Crippen LogP contribution in [0.25, 0.3) is 0 Å². The van der Waals surface area contributed by atoms with Gasteiger partial charge in [0.15, 0.2) is 0 Å². The Morgan fingerprint density at radius 1 is 1.19 bits per heavy atom. The van der Waals surface area contributed by atoms with Crippen LogP contribution in [0.2, 0.25) is 0 Å². The van der Waals surface area contributed by atoms with Gasteiger partial charge in [-0.15, -0.1) is 0 Å². The van der Waals surface area contributed by atoms with Crippen molar-refractivity contribution in [1.82, 2.24) is 10.2 Å². The van der Waals surface area contributed by atoms with Crippen LogP contribution in [0, 0.1) is 5.92 Å². The molecule has 96 valence electrons. The molecule has 0 saturated heterocycles. The van der Waals surface area contributed by atoms with Crippen LogP contribution in [-0.4, -0.2) is 36.1 Å². The zero-order valence-corrected chi connectivity index (χ0v) is 11.8. The van der Waals surface area contributed by atoms with E-state index in [9.17, 15) is 0 Å². The first kappa shape index (κ1) is 14.0. The first-order chi connectivity index (χ1) is 7.57. The fourth-order valence-corrected chi connectivity index (χ4v) is 2.96. The third-order valence-corrected chi connectivity index (χ3v) is 4.05. The monoisotopic (exact) mass is 226 g/mol. The van der Waals surface area contributed by atoms with Crippen LogP contribution in [0.1, 0.15) is 53.9 Å². The summed E-state index contributed by atoms with van der Waals surface area (Å²) in [5, 5.41) is 3.78. The Kier molecular flexibility index (Phi) is 5.26. The molecule has 0 aromatic carbocycles. The lowest BCUT2D eigenvalue weighted by Gasteiger charge is -2.44. The summed E-state index contributed by atoms with van der Waals surface area (Å²) in [6, 6.07) is 0.673. The predicted molar refractivity (Wildman–Crippen MR) is 71.8 cm³/mol. The van der Waals surface area contributed by atoms with Crippen molar-refractivity contribution in [1.29, 1.82) is 0 Å². The van der Waals surface area contributed by atoms with Crippen LogP contribution in [0.3, 0.4) is 0 Å². The standard InChI is InChI=1S/C14H30N2/c1-6-11-15-13(12-9-10-12)14(4,5)16(7-2)8-3/h12-13,15H,6-11H2,1-5H3. The maximum Gasteiger partial charge on any atom is 0.0308 e. The Labute approximate surface area is 102 Å². The van der Waals surface area contributed by atoms with E-state index in [1.165, 1.54) is 19.3 Å². The molecular weight excluding hydrogens is 196 g/mol. The van der Waals surface area contributed by atoms with Crippen LogP contribution in [-0.2, 0) is 0 Å². The first-order valence-corrected chi connectivity index (χ1v) is 7.06. The largest absolute Gasteiger partial charge is 0.312 e. The molecule has 0 aliphatic heterocycles. The molecule has 1 aliphatic rings. The smallest absolute Gasteiger partial charge is 0.0308 e. The molecule has 0 amide bonds. The van der Waals surface area contributed by atoms with Gasteiger partial charge in [0.05, 0.1) is 0 Å². The van der Waals surface area contributed by atoms with Crippen molar-refractivity contribution in [2.24, 2.45) is 5.92 Å². The molecule has 1 saturated carbocycles. The lowest BCUT2D eigenvalue weighted by molar-refractivity contribution is 0.0821. The van der Waals surface area contributed by atoms with Crippen molar-refractivity contribution in [2.45, 2.75) is 65.5 Å². The number of hydrogen-bond donors (Lipinski definition) is 1. The summed E-state index contributed by atoms with van der Waals surface area (Å²) < 4.78 is 0. The minimum atomic E-state index is 0.292. The van der Waals surface area contributed by atoms with Gasteiger partial charge >= 0.3 is 0 Å². The molecule has 0 bridgehead atoms. The second-order valence-electron chi connectivity index (χ2n) is 5.60. The Hall–Kier alpha value is -0.0800. The molecule has 1 N–H and O–H groups in total. The Morgan fingerprint density at radius 2 is 1.75 bits per heavy atom. The third kappa shape index (κ3) is 3.21. The zero-order valence-electron chi connectivity index (χ0n) is 11.8. The van der Waals surface area contributed by atoms with Crippen molar-refractivity contribution in [2.75, 3.05) is 19.6 Å². The van der Waals surface area contributed by atoms with Gasteiger partial charge in [0.1, 0.15) is 0 Å². The maximum absolute atomic E-state index is 3.78. The average Bonchev–Trinajstić information content (AvgIpc) is 3.03. The van der Waals surface area contributed by atoms with E-state index >= 15 is 0 Å². The van der Waals surface area contributed by atoms with E-state index in [0.29, 0.717) is 11.6 Å². The topological polar surface area (TPSA) is 15.3 Å².